The zero-order valence-electron chi connectivity index (χ0n) is 18.9. The minimum absolute atomic E-state index is 0.681. The van der Waals surface area contributed by atoms with E-state index in [2.05, 4.69) is 63.0 Å². The highest BCUT2D eigenvalue weighted by Gasteiger charge is 2.05. The molecule has 0 saturated carbocycles. The van der Waals surface area contributed by atoms with Gasteiger partial charge >= 0.3 is 0 Å². The van der Waals surface area contributed by atoms with E-state index in [9.17, 15) is 0 Å². The molecule has 1 unspecified atom stereocenters. The molecule has 2 nitrogen and oxygen atoms in total. The van der Waals surface area contributed by atoms with Crippen molar-refractivity contribution in [3.05, 3.63) is 59.3 Å². The zero-order valence-corrected chi connectivity index (χ0v) is 18.9. The molecule has 0 aliphatic heterocycles. The lowest BCUT2D eigenvalue weighted by atomic mass is 9.95. The maximum Gasteiger partial charge on any atom is 0.103 e. The van der Waals surface area contributed by atoms with Crippen LogP contribution in [-0.2, 0) is 6.42 Å². The van der Waals surface area contributed by atoms with Crippen molar-refractivity contribution in [3.63, 3.8) is 0 Å². The summed E-state index contributed by atoms with van der Waals surface area (Å²) in [4.78, 5) is 4.76. The van der Waals surface area contributed by atoms with Crippen molar-refractivity contribution in [1.29, 1.82) is 0 Å². The van der Waals surface area contributed by atoms with Crippen LogP contribution in [-0.4, -0.2) is 5.84 Å². The van der Waals surface area contributed by atoms with Gasteiger partial charge in [0.2, 0.25) is 0 Å². The van der Waals surface area contributed by atoms with Gasteiger partial charge in [-0.2, -0.15) is 0 Å². The second-order valence-electron chi connectivity index (χ2n) is 7.78. The predicted molar refractivity (Wildman–Crippen MR) is 127 cm³/mol. The first-order valence-corrected chi connectivity index (χ1v) is 10.9. The Hall–Kier alpha value is -2.09. The molecule has 1 aromatic rings. The first-order valence-electron chi connectivity index (χ1n) is 10.9. The molecule has 1 atom stereocenters. The van der Waals surface area contributed by atoms with Crippen LogP contribution in [0, 0.1) is 5.92 Å². The van der Waals surface area contributed by atoms with E-state index in [0.29, 0.717) is 5.92 Å². The van der Waals surface area contributed by atoms with E-state index in [-0.39, 0.29) is 0 Å². The number of aryl methyl sites for hydroxylation is 1. The van der Waals surface area contributed by atoms with E-state index in [0.717, 1.165) is 29.2 Å². The molecule has 0 aliphatic rings. The molecule has 0 fully saturated rings. The molecule has 0 heterocycles. The Bertz CT molecular complexity index is 707. The Morgan fingerprint density at radius 2 is 1.86 bits per heavy atom. The standard InChI is InChI=1S/C26H40N2/c1-8-11-13-23(12-9-2)14-15-25-19-26(17-16-24(25)10-3)28-22(7)27-21(6)18-20(4)5/h14-19,23H,4,8-13H2,1-3,5-7H3,(H,27,28)/b15-14+,21-18-. The van der Waals surface area contributed by atoms with Gasteiger partial charge < -0.3 is 5.32 Å². The quantitative estimate of drug-likeness (QED) is 0.235. The molecule has 28 heavy (non-hydrogen) atoms. The number of benzene rings is 1. The number of hydrogen-bond acceptors (Lipinski definition) is 1. The Morgan fingerprint density at radius 1 is 1.11 bits per heavy atom. The molecule has 2 heteroatoms. The monoisotopic (exact) mass is 380 g/mol. The molecular weight excluding hydrogens is 340 g/mol. The molecule has 1 N–H and O–H groups in total. The molecule has 154 valence electrons. The van der Waals surface area contributed by atoms with Gasteiger partial charge in [-0.15, -0.1) is 0 Å². The lowest BCUT2D eigenvalue weighted by Crippen LogP contribution is -2.17. The number of amidine groups is 1. The van der Waals surface area contributed by atoms with Gasteiger partial charge in [-0.3, -0.25) is 0 Å². The summed E-state index contributed by atoms with van der Waals surface area (Å²) in [6.45, 7) is 16.7. The van der Waals surface area contributed by atoms with Crippen LogP contribution >= 0.6 is 0 Å². The summed E-state index contributed by atoms with van der Waals surface area (Å²) in [5.41, 5.74) is 5.75. The minimum atomic E-state index is 0.681. The van der Waals surface area contributed by atoms with E-state index in [1.165, 1.54) is 43.2 Å². The van der Waals surface area contributed by atoms with Crippen LogP contribution in [0.2, 0.25) is 0 Å². The highest BCUT2D eigenvalue weighted by Crippen LogP contribution is 2.23. The smallest absolute Gasteiger partial charge is 0.103 e. The lowest BCUT2D eigenvalue weighted by Gasteiger charge is -2.12. The highest BCUT2D eigenvalue weighted by atomic mass is 15.0. The average molecular weight is 381 g/mol. The van der Waals surface area contributed by atoms with Gasteiger partial charge in [0, 0.05) is 5.70 Å². The number of hydrogen-bond donors (Lipinski definition) is 1. The third-order valence-corrected chi connectivity index (χ3v) is 4.78. The van der Waals surface area contributed by atoms with Crippen molar-refractivity contribution in [2.24, 2.45) is 10.9 Å². The third-order valence-electron chi connectivity index (χ3n) is 4.78. The van der Waals surface area contributed by atoms with Crippen molar-refractivity contribution in [2.75, 3.05) is 0 Å². The lowest BCUT2D eigenvalue weighted by molar-refractivity contribution is 0.513. The number of nitrogens with zero attached hydrogens (tertiary/aromatic N) is 1. The van der Waals surface area contributed by atoms with E-state index in [1.807, 2.05) is 26.8 Å². The second-order valence-corrected chi connectivity index (χ2v) is 7.78. The molecule has 0 aliphatic carbocycles. The first-order chi connectivity index (χ1) is 13.4. The first kappa shape index (κ1) is 23.9. The molecular formula is C26H40N2. The fourth-order valence-corrected chi connectivity index (χ4v) is 3.46. The van der Waals surface area contributed by atoms with Crippen LogP contribution < -0.4 is 5.32 Å². The van der Waals surface area contributed by atoms with Crippen molar-refractivity contribution in [1.82, 2.24) is 5.32 Å². The van der Waals surface area contributed by atoms with Crippen LogP contribution in [0.1, 0.15) is 84.8 Å². The maximum atomic E-state index is 4.76. The van der Waals surface area contributed by atoms with Gasteiger partial charge in [0.05, 0.1) is 5.69 Å². The highest BCUT2D eigenvalue weighted by molar-refractivity contribution is 5.84. The van der Waals surface area contributed by atoms with E-state index in [4.69, 9.17) is 4.99 Å². The van der Waals surface area contributed by atoms with Crippen molar-refractivity contribution in [3.8, 4) is 0 Å². The largest absolute Gasteiger partial charge is 0.348 e. The van der Waals surface area contributed by atoms with Gasteiger partial charge in [-0.1, -0.05) is 70.4 Å². The van der Waals surface area contributed by atoms with Gasteiger partial charge in [-0.05, 0) is 75.3 Å². The van der Waals surface area contributed by atoms with Gasteiger partial charge in [0.15, 0.2) is 0 Å². The Morgan fingerprint density at radius 3 is 2.46 bits per heavy atom. The van der Waals surface area contributed by atoms with E-state index >= 15 is 0 Å². The summed E-state index contributed by atoms with van der Waals surface area (Å²) in [6, 6.07) is 6.53. The predicted octanol–water partition coefficient (Wildman–Crippen LogP) is 7.99. The van der Waals surface area contributed by atoms with E-state index < -0.39 is 0 Å². The topological polar surface area (TPSA) is 24.4 Å². The van der Waals surface area contributed by atoms with Crippen LogP contribution in [0.3, 0.4) is 0 Å². The summed E-state index contributed by atoms with van der Waals surface area (Å²) < 4.78 is 0. The maximum absolute atomic E-state index is 4.76. The summed E-state index contributed by atoms with van der Waals surface area (Å²) in [5.74, 6) is 1.57. The second kappa shape index (κ2) is 13.1. The fraction of sp³-hybridized carbons (Fsp3) is 0.500. The molecule has 0 amide bonds. The van der Waals surface area contributed by atoms with Crippen LogP contribution in [0.15, 0.2) is 53.2 Å². The zero-order chi connectivity index (χ0) is 20.9. The molecule has 0 spiro atoms. The van der Waals surface area contributed by atoms with Gasteiger partial charge in [0.25, 0.3) is 0 Å². The Labute approximate surface area is 173 Å². The van der Waals surface area contributed by atoms with Crippen molar-refractivity contribution >= 4 is 17.6 Å². The molecule has 0 bridgehead atoms. The number of nitrogens with one attached hydrogen (secondary N) is 1. The summed E-state index contributed by atoms with van der Waals surface area (Å²) in [5, 5.41) is 3.33. The third kappa shape index (κ3) is 9.21. The van der Waals surface area contributed by atoms with Crippen molar-refractivity contribution in [2.45, 2.75) is 80.1 Å². The van der Waals surface area contributed by atoms with Crippen LogP contribution in [0.4, 0.5) is 5.69 Å². The molecule has 1 aromatic carbocycles. The number of rotatable bonds is 11. The number of allylic oxidation sites excluding steroid dienone is 4. The molecule has 1 rings (SSSR count). The Kier molecular flexibility index (Phi) is 11.2. The number of aliphatic imine (C=N–C) groups is 1. The normalized spacial score (nSPS) is 13.8. The molecule has 0 aromatic heterocycles. The van der Waals surface area contributed by atoms with Gasteiger partial charge in [0.1, 0.15) is 5.84 Å². The molecule has 0 saturated heterocycles. The summed E-state index contributed by atoms with van der Waals surface area (Å²) >= 11 is 0. The molecule has 0 radical (unpaired) electrons. The summed E-state index contributed by atoms with van der Waals surface area (Å²) in [6.07, 6.45) is 14.2. The minimum Gasteiger partial charge on any atom is -0.348 e. The average Bonchev–Trinajstić information content (AvgIpc) is 2.63. The SMILES string of the molecule is C=C(C)/C=C(/C)NC(C)=Nc1ccc(CC)c(/C=C/C(CCC)CCCC)c1. The van der Waals surface area contributed by atoms with E-state index in [1.54, 1.807) is 0 Å². The van der Waals surface area contributed by atoms with Crippen LogP contribution in [0.25, 0.3) is 6.08 Å². The Balaban J connectivity index is 3.02. The summed E-state index contributed by atoms with van der Waals surface area (Å²) in [7, 11) is 0. The van der Waals surface area contributed by atoms with Crippen LogP contribution in [0.5, 0.6) is 0 Å². The fourth-order valence-electron chi connectivity index (χ4n) is 3.46. The number of unbranched alkanes of at least 4 members (excludes halogenated alkanes) is 1. The van der Waals surface area contributed by atoms with Crippen molar-refractivity contribution < 1.29 is 0 Å². The van der Waals surface area contributed by atoms with Gasteiger partial charge in [-0.25, -0.2) is 4.99 Å².